The fourth-order valence-corrected chi connectivity index (χ4v) is 2.03. The maximum Gasteiger partial charge on any atom is 0.404 e. The van der Waals surface area contributed by atoms with Gasteiger partial charge < -0.3 is 4.74 Å². The van der Waals surface area contributed by atoms with E-state index in [0.717, 1.165) is 24.8 Å². The van der Waals surface area contributed by atoms with E-state index < -0.39 is 5.43 Å². The number of benzene rings is 1. The predicted molar refractivity (Wildman–Crippen MR) is 70.2 cm³/mol. The van der Waals surface area contributed by atoms with Crippen LogP contribution >= 0.6 is 11.6 Å². The first-order chi connectivity index (χ1) is 8.15. The van der Waals surface area contributed by atoms with Crippen LogP contribution in [0.1, 0.15) is 44.8 Å². The van der Waals surface area contributed by atoms with Crippen LogP contribution in [0.15, 0.2) is 30.3 Å². The summed E-state index contributed by atoms with van der Waals surface area (Å²) in [6, 6.07) is 9.76. The van der Waals surface area contributed by atoms with Gasteiger partial charge in [-0.15, -0.1) is 0 Å². The summed E-state index contributed by atoms with van der Waals surface area (Å²) >= 11 is 5.34. The van der Waals surface area contributed by atoms with E-state index in [1.54, 1.807) is 0 Å². The highest BCUT2D eigenvalue weighted by atomic mass is 35.5. The molecule has 0 heterocycles. The average Bonchev–Trinajstić information content (AvgIpc) is 2.34. The SMILES string of the molecule is CCCCC(C)C(OC(=O)Cl)c1ccccc1. The van der Waals surface area contributed by atoms with E-state index in [9.17, 15) is 4.79 Å². The summed E-state index contributed by atoms with van der Waals surface area (Å²) in [5.74, 6) is 0.278. The fraction of sp³-hybridized carbons (Fsp3) is 0.500. The highest BCUT2D eigenvalue weighted by molar-refractivity contribution is 6.61. The van der Waals surface area contributed by atoms with Crippen molar-refractivity contribution in [2.24, 2.45) is 5.92 Å². The molecular weight excluding hydrogens is 236 g/mol. The standard InChI is InChI=1S/C14H19ClO2/c1-3-4-8-11(2)13(17-14(15)16)12-9-6-5-7-10-12/h5-7,9-11,13H,3-4,8H2,1-2H3. The second-order valence-electron chi connectivity index (χ2n) is 4.31. The van der Waals surface area contributed by atoms with Crippen LogP contribution in [0.25, 0.3) is 0 Å². The number of unbranched alkanes of at least 4 members (excludes halogenated alkanes) is 1. The van der Waals surface area contributed by atoms with Gasteiger partial charge in [-0.25, -0.2) is 4.79 Å². The Morgan fingerprint density at radius 2 is 2.00 bits per heavy atom. The maximum atomic E-state index is 10.9. The lowest BCUT2D eigenvalue weighted by atomic mass is 9.93. The quantitative estimate of drug-likeness (QED) is 0.673. The van der Waals surface area contributed by atoms with Crippen molar-refractivity contribution in [3.63, 3.8) is 0 Å². The van der Waals surface area contributed by atoms with Gasteiger partial charge in [-0.2, -0.15) is 0 Å². The monoisotopic (exact) mass is 254 g/mol. The van der Waals surface area contributed by atoms with Crippen LogP contribution in [0.5, 0.6) is 0 Å². The number of carbonyl (C=O) groups excluding carboxylic acids is 1. The van der Waals surface area contributed by atoms with Crippen LogP contribution in [0.3, 0.4) is 0 Å². The van der Waals surface area contributed by atoms with Crippen molar-refractivity contribution < 1.29 is 9.53 Å². The van der Waals surface area contributed by atoms with E-state index in [1.807, 2.05) is 30.3 Å². The van der Waals surface area contributed by atoms with Gasteiger partial charge in [0.2, 0.25) is 0 Å². The molecular formula is C14H19ClO2. The van der Waals surface area contributed by atoms with Crippen molar-refractivity contribution in [3.8, 4) is 0 Å². The summed E-state index contributed by atoms with van der Waals surface area (Å²) in [7, 11) is 0. The number of hydrogen-bond donors (Lipinski definition) is 0. The third kappa shape index (κ3) is 4.78. The summed E-state index contributed by atoms with van der Waals surface area (Å²) in [6.07, 6.45) is 3.05. The topological polar surface area (TPSA) is 26.3 Å². The third-order valence-corrected chi connectivity index (χ3v) is 2.97. The molecule has 0 radical (unpaired) electrons. The maximum absolute atomic E-state index is 10.9. The van der Waals surface area contributed by atoms with E-state index in [2.05, 4.69) is 13.8 Å². The lowest BCUT2D eigenvalue weighted by Crippen LogP contribution is -2.15. The molecule has 0 N–H and O–H groups in total. The van der Waals surface area contributed by atoms with Gasteiger partial charge in [0.05, 0.1) is 0 Å². The Kier molecular flexibility index (Phi) is 6.06. The van der Waals surface area contributed by atoms with Gasteiger partial charge in [-0.05, 0) is 17.9 Å². The summed E-state index contributed by atoms with van der Waals surface area (Å²) in [5.41, 5.74) is 0.271. The lowest BCUT2D eigenvalue weighted by Gasteiger charge is -2.23. The molecule has 2 unspecified atom stereocenters. The second kappa shape index (κ2) is 7.33. The van der Waals surface area contributed by atoms with Crippen LogP contribution in [0.2, 0.25) is 0 Å². The van der Waals surface area contributed by atoms with Crippen LogP contribution < -0.4 is 0 Å². The molecule has 1 rings (SSSR count). The molecule has 0 aromatic heterocycles. The zero-order chi connectivity index (χ0) is 12.7. The highest BCUT2D eigenvalue weighted by Crippen LogP contribution is 2.30. The molecule has 1 aromatic carbocycles. The average molecular weight is 255 g/mol. The van der Waals surface area contributed by atoms with Gasteiger partial charge >= 0.3 is 5.43 Å². The van der Waals surface area contributed by atoms with Gasteiger partial charge in [0.25, 0.3) is 0 Å². The molecule has 0 saturated heterocycles. The second-order valence-corrected chi connectivity index (χ2v) is 4.61. The molecule has 0 aliphatic rings. The molecule has 2 atom stereocenters. The Morgan fingerprint density at radius 3 is 2.53 bits per heavy atom. The Labute approximate surface area is 108 Å². The van der Waals surface area contributed by atoms with Crippen molar-refractivity contribution in [3.05, 3.63) is 35.9 Å². The number of rotatable bonds is 6. The largest absolute Gasteiger partial charge is 0.445 e. The first-order valence-corrected chi connectivity index (χ1v) is 6.44. The van der Waals surface area contributed by atoms with Crippen LogP contribution in [-0.4, -0.2) is 5.43 Å². The molecule has 17 heavy (non-hydrogen) atoms. The Balaban J connectivity index is 2.76. The van der Waals surface area contributed by atoms with E-state index >= 15 is 0 Å². The van der Waals surface area contributed by atoms with E-state index in [4.69, 9.17) is 16.3 Å². The van der Waals surface area contributed by atoms with Crippen LogP contribution in [0, 0.1) is 5.92 Å². The zero-order valence-electron chi connectivity index (χ0n) is 10.4. The minimum absolute atomic E-state index is 0.243. The van der Waals surface area contributed by atoms with E-state index in [1.165, 1.54) is 0 Å². The normalized spacial score (nSPS) is 14.1. The number of carbonyl (C=O) groups is 1. The minimum atomic E-state index is -0.734. The lowest BCUT2D eigenvalue weighted by molar-refractivity contribution is 0.0816. The van der Waals surface area contributed by atoms with Crippen LogP contribution in [-0.2, 0) is 4.74 Å². The van der Waals surface area contributed by atoms with Gasteiger partial charge in [0.1, 0.15) is 6.10 Å². The smallest absolute Gasteiger partial charge is 0.404 e. The number of ether oxygens (including phenoxy) is 1. The zero-order valence-corrected chi connectivity index (χ0v) is 11.1. The molecule has 1 aromatic rings. The summed E-state index contributed by atoms with van der Waals surface area (Å²) in [4.78, 5) is 10.9. The van der Waals surface area contributed by atoms with Gasteiger partial charge in [0, 0.05) is 11.6 Å². The van der Waals surface area contributed by atoms with Gasteiger partial charge in [-0.3, -0.25) is 0 Å². The molecule has 0 spiro atoms. The molecule has 0 aliphatic heterocycles. The first kappa shape index (κ1) is 14.0. The third-order valence-electron chi connectivity index (χ3n) is 2.88. The molecule has 0 bridgehead atoms. The summed E-state index contributed by atoms with van der Waals surface area (Å²) in [6.45, 7) is 4.24. The molecule has 0 fully saturated rings. The molecule has 0 saturated carbocycles. The molecule has 2 nitrogen and oxygen atoms in total. The van der Waals surface area contributed by atoms with Crippen molar-refractivity contribution in [1.29, 1.82) is 0 Å². The molecule has 3 heteroatoms. The Bertz CT molecular complexity index is 337. The van der Waals surface area contributed by atoms with Crippen LogP contribution in [0.4, 0.5) is 4.79 Å². The number of halogens is 1. The Hall–Kier alpha value is -1.02. The van der Waals surface area contributed by atoms with E-state index in [-0.39, 0.29) is 12.0 Å². The van der Waals surface area contributed by atoms with Crippen molar-refractivity contribution in [1.82, 2.24) is 0 Å². The predicted octanol–water partition coefficient (Wildman–Crippen LogP) is 4.93. The summed E-state index contributed by atoms with van der Waals surface area (Å²) < 4.78 is 5.22. The molecule has 0 amide bonds. The van der Waals surface area contributed by atoms with Crippen molar-refractivity contribution in [2.75, 3.05) is 0 Å². The fourth-order valence-electron chi connectivity index (χ4n) is 1.93. The highest BCUT2D eigenvalue weighted by Gasteiger charge is 2.22. The first-order valence-electron chi connectivity index (χ1n) is 6.06. The Morgan fingerprint density at radius 1 is 1.35 bits per heavy atom. The molecule has 94 valence electrons. The van der Waals surface area contributed by atoms with Crippen molar-refractivity contribution >= 4 is 17.0 Å². The van der Waals surface area contributed by atoms with Crippen molar-refractivity contribution in [2.45, 2.75) is 39.2 Å². The minimum Gasteiger partial charge on any atom is -0.445 e. The summed E-state index contributed by atoms with van der Waals surface area (Å²) in [5, 5.41) is 0. The molecule has 0 aliphatic carbocycles. The van der Waals surface area contributed by atoms with E-state index in [0.29, 0.717) is 0 Å². The van der Waals surface area contributed by atoms with Gasteiger partial charge in [-0.1, -0.05) is 57.0 Å². The van der Waals surface area contributed by atoms with Gasteiger partial charge in [0.15, 0.2) is 0 Å². The number of hydrogen-bond acceptors (Lipinski definition) is 2.